The Bertz CT molecular complexity index is 1370. The lowest BCUT2D eigenvalue weighted by molar-refractivity contribution is -0.137. The van der Waals surface area contributed by atoms with E-state index in [0.29, 0.717) is 37.2 Å². The Morgan fingerprint density at radius 3 is 2.27 bits per heavy atom. The number of nitrogens with two attached hydrogens (primary N) is 2. The van der Waals surface area contributed by atoms with E-state index in [0.717, 1.165) is 12.1 Å². The van der Waals surface area contributed by atoms with E-state index in [2.05, 4.69) is 26.0 Å². The Hall–Kier alpha value is -3.68. The van der Waals surface area contributed by atoms with Gasteiger partial charge in [0.05, 0.1) is 27.1 Å². The minimum absolute atomic E-state index is 0.0418. The number of anilines is 4. The van der Waals surface area contributed by atoms with Gasteiger partial charge in [-0.2, -0.15) is 13.2 Å². The lowest BCUT2D eigenvalue weighted by atomic mass is 10.1. The molecule has 0 unspecified atom stereocenters. The van der Waals surface area contributed by atoms with Crippen LogP contribution in [0.3, 0.4) is 0 Å². The number of hydrogen-bond acceptors (Lipinski definition) is 9. The molecular formula is C24H26F3N7O2S. The standard InChI is InChI=1S/C24H26F3N7O2S/c25-24(26,27)17-11-16(22(28)21(12-17)34-29)2-1-15-13-31-23(32-14-15)33-18-3-5-19(6-4-18)37(35,36)20-7-9-30-10-8-20/h1-6,11-14,20,30,34H,7-10,28-29H2,(H,31,32,33)/b2-1+. The first-order valence-electron chi connectivity index (χ1n) is 11.4. The first-order valence-corrected chi connectivity index (χ1v) is 12.9. The lowest BCUT2D eigenvalue weighted by Crippen LogP contribution is -2.35. The molecule has 0 saturated carbocycles. The molecule has 1 aromatic heterocycles. The highest BCUT2D eigenvalue weighted by Crippen LogP contribution is 2.35. The molecule has 13 heteroatoms. The summed E-state index contributed by atoms with van der Waals surface area (Å²) in [6.07, 6.45) is 2.51. The topological polar surface area (TPSA) is 148 Å². The van der Waals surface area contributed by atoms with Gasteiger partial charge in [0, 0.05) is 29.2 Å². The number of alkyl halides is 3. The first-order chi connectivity index (χ1) is 17.6. The highest BCUT2D eigenvalue weighted by atomic mass is 32.2. The van der Waals surface area contributed by atoms with Crippen molar-refractivity contribution in [2.45, 2.75) is 29.2 Å². The maximum Gasteiger partial charge on any atom is 0.416 e. The fourth-order valence-electron chi connectivity index (χ4n) is 3.93. The van der Waals surface area contributed by atoms with Crippen LogP contribution in [0, 0.1) is 0 Å². The normalized spacial score (nSPS) is 15.1. The minimum Gasteiger partial charge on any atom is -0.397 e. The van der Waals surface area contributed by atoms with Crippen molar-refractivity contribution in [3.05, 3.63) is 65.5 Å². The SMILES string of the molecule is NNc1cc(C(F)(F)F)cc(/C=C/c2cnc(Nc3ccc(S(=O)(=O)C4CCNCC4)cc3)nc2)c1N. The molecule has 9 nitrogen and oxygen atoms in total. The highest BCUT2D eigenvalue weighted by molar-refractivity contribution is 7.92. The molecular weight excluding hydrogens is 507 g/mol. The predicted molar refractivity (Wildman–Crippen MR) is 137 cm³/mol. The molecule has 0 atom stereocenters. The molecule has 0 spiro atoms. The Balaban J connectivity index is 1.45. The average molecular weight is 534 g/mol. The van der Waals surface area contributed by atoms with Crippen LogP contribution in [0.5, 0.6) is 0 Å². The van der Waals surface area contributed by atoms with Crippen molar-refractivity contribution in [2.75, 3.05) is 29.6 Å². The molecule has 0 aliphatic carbocycles. The summed E-state index contributed by atoms with van der Waals surface area (Å²) in [4.78, 5) is 8.67. The zero-order chi connectivity index (χ0) is 26.6. The molecule has 0 radical (unpaired) electrons. The molecule has 0 bridgehead atoms. The van der Waals surface area contributed by atoms with Crippen LogP contribution >= 0.6 is 0 Å². The van der Waals surface area contributed by atoms with E-state index in [-0.39, 0.29) is 33.0 Å². The van der Waals surface area contributed by atoms with Crippen LogP contribution in [0.1, 0.15) is 29.5 Å². The molecule has 1 aliphatic rings. The van der Waals surface area contributed by atoms with Crippen LogP contribution in [-0.2, 0) is 16.0 Å². The van der Waals surface area contributed by atoms with Crippen LogP contribution in [0.15, 0.2) is 53.7 Å². The zero-order valence-electron chi connectivity index (χ0n) is 19.6. The molecule has 4 rings (SSSR count). The zero-order valence-corrected chi connectivity index (χ0v) is 20.4. The molecule has 37 heavy (non-hydrogen) atoms. The fraction of sp³-hybridized carbons (Fsp3) is 0.250. The number of aromatic nitrogens is 2. The number of nitrogens with one attached hydrogen (secondary N) is 3. The van der Waals surface area contributed by atoms with E-state index in [9.17, 15) is 21.6 Å². The van der Waals surface area contributed by atoms with Gasteiger partial charge in [-0.25, -0.2) is 18.4 Å². The average Bonchev–Trinajstić information content (AvgIpc) is 2.89. The second-order valence-electron chi connectivity index (χ2n) is 8.49. The van der Waals surface area contributed by atoms with Gasteiger partial charge in [-0.05, 0) is 62.3 Å². The Morgan fingerprint density at radius 2 is 1.68 bits per heavy atom. The molecule has 2 heterocycles. The van der Waals surface area contributed by atoms with Gasteiger partial charge < -0.3 is 21.8 Å². The summed E-state index contributed by atoms with van der Waals surface area (Å²) in [6, 6.07) is 8.17. The van der Waals surface area contributed by atoms with Crippen molar-refractivity contribution in [1.82, 2.24) is 15.3 Å². The van der Waals surface area contributed by atoms with Crippen molar-refractivity contribution in [1.29, 1.82) is 0 Å². The maximum atomic E-state index is 13.2. The van der Waals surface area contributed by atoms with Gasteiger partial charge in [-0.1, -0.05) is 12.2 Å². The van der Waals surface area contributed by atoms with Gasteiger partial charge in [0.15, 0.2) is 9.84 Å². The summed E-state index contributed by atoms with van der Waals surface area (Å²) >= 11 is 0. The van der Waals surface area contributed by atoms with Crippen LogP contribution in [0.25, 0.3) is 12.2 Å². The quantitative estimate of drug-likeness (QED) is 0.174. The number of nitrogen functional groups attached to an aromatic ring is 2. The number of hydrogen-bond donors (Lipinski definition) is 5. The van der Waals surface area contributed by atoms with Crippen molar-refractivity contribution >= 4 is 45.0 Å². The van der Waals surface area contributed by atoms with Crippen molar-refractivity contribution < 1.29 is 21.6 Å². The van der Waals surface area contributed by atoms with Crippen LogP contribution in [-0.4, -0.2) is 36.7 Å². The second-order valence-corrected chi connectivity index (χ2v) is 10.7. The molecule has 2 aromatic carbocycles. The highest BCUT2D eigenvalue weighted by Gasteiger charge is 2.32. The molecule has 1 aliphatic heterocycles. The number of sulfone groups is 1. The molecule has 0 amide bonds. The fourth-order valence-corrected chi connectivity index (χ4v) is 5.68. The van der Waals surface area contributed by atoms with Crippen LogP contribution in [0.4, 0.5) is 36.2 Å². The van der Waals surface area contributed by atoms with Gasteiger partial charge in [0.2, 0.25) is 5.95 Å². The largest absolute Gasteiger partial charge is 0.416 e. The van der Waals surface area contributed by atoms with Crippen LogP contribution < -0.4 is 27.6 Å². The molecule has 7 N–H and O–H groups in total. The summed E-state index contributed by atoms with van der Waals surface area (Å²) in [7, 11) is -3.39. The van der Waals surface area contributed by atoms with E-state index in [1.165, 1.54) is 24.5 Å². The maximum absolute atomic E-state index is 13.2. The summed E-state index contributed by atoms with van der Waals surface area (Å²) < 4.78 is 65.2. The number of nitrogens with zero attached hydrogens (tertiary/aromatic N) is 2. The minimum atomic E-state index is -4.56. The smallest absolute Gasteiger partial charge is 0.397 e. The van der Waals surface area contributed by atoms with Gasteiger partial charge in [0.25, 0.3) is 0 Å². The third kappa shape index (κ3) is 6.18. The predicted octanol–water partition coefficient (Wildman–Crippen LogP) is 3.80. The molecule has 1 saturated heterocycles. The number of rotatable bonds is 7. The van der Waals surface area contributed by atoms with Gasteiger partial charge in [-0.3, -0.25) is 5.84 Å². The summed E-state index contributed by atoms with van der Waals surface area (Å²) in [6.45, 7) is 1.37. The summed E-state index contributed by atoms with van der Waals surface area (Å²) in [5, 5.41) is 5.77. The third-order valence-electron chi connectivity index (χ3n) is 5.99. The summed E-state index contributed by atoms with van der Waals surface area (Å²) in [5.74, 6) is 5.57. The Kier molecular flexibility index (Phi) is 7.66. The first kappa shape index (κ1) is 26.4. The van der Waals surface area contributed by atoms with Gasteiger partial charge in [0.1, 0.15) is 0 Å². The third-order valence-corrected chi connectivity index (χ3v) is 8.26. The number of halogens is 3. The van der Waals surface area contributed by atoms with E-state index in [1.54, 1.807) is 24.3 Å². The van der Waals surface area contributed by atoms with Crippen LogP contribution in [0.2, 0.25) is 0 Å². The van der Waals surface area contributed by atoms with E-state index in [1.807, 2.05) is 0 Å². The van der Waals surface area contributed by atoms with Crippen molar-refractivity contribution in [3.8, 4) is 0 Å². The van der Waals surface area contributed by atoms with Gasteiger partial charge >= 0.3 is 6.18 Å². The number of piperidine rings is 1. The Morgan fingerprint density at radius 1 is 1.03 bits per heavy atom. The number of benzene rings is 2. The monoisotopic (exact) mass is 533 g/mol. The number of hydrazine groups is 1. The Labute approximate surface area is 212 Å². The van der Waals surface area contributed by atoms with E-state index >= 15 is 0 Å². The van der Waals surface area contributed by atoms with E-state index < -0.39 is 21.6 Å². The molecule has 196 valence electrons. The van der Waals surface area contributed by atoms with Crippen molar-refractivity contribution in [3.63, 3.8) is 0 Å². The molecule has 3 aromatic rings. The lowest BCUT2D eigenvalue weighted by Gasteiger charge is -2.22. The van der Waals surface area contributed by atoms with Crippen molar-refractivity contribution in [2.24, 2.45) is 5.84 Å². The molecule has 1 fully saturated rings. The van der Waals surface area contributed by atoms with Gasteiger partial charge in [-0.15, -0.1) is 0 Å². The second kappa shape index (κ2) is 10.7. The summed E-state index contributed by atoms with van der Waals surface area (Å²) in [5.41, 5.74) is 8.48. The van der Waals surface area contributed by atoms with E-state index in [4.69, 9.17) is 11.6 Å².